The summed E-state index contributed by atoms with van der Waals surface area (Å²) in [5.41, 5.74) is 0. The van der Waals surface area contributed by atoms with Crippen molar-refractivity contribution in [2.45, 2.75) is 19.4 Å². The fourth-order valence-corrected chi connectivity index (χ4v) is 4.06. The standard InChI is InChI=1S/C17H24N4O3/c22-15(11-21-5-1-4-19-21)20-9-13-14(10-20)16(13)17(23)18-8-12-2-6-24-7-3-12/h1,4-5,12-14,16H,2-3,6-11H2,(H,18,23)/t13-,14+,16?. The van der Waals surface area contributed by atoms with Crippen LogP contribution in [0.2, 0.25) is 0 Å². The zero-order chi connectivity index (χ0) is 16.5. The summed E-state index contributed by atoms with van der Waals surface area (Å²) >= 11 is 0. The Labute approximate surface area is 141 Å². The number of nitrogens with one attached hydrogen (secondary N) is 1. The van der Waals surface area contributed by atoms with Crippen molar-refractivity contribution in [1.82, 2.24) is 20.0 Å². The maximum absolute atomic E-state index is 12.3. The Morgan fingerprint density at radius 1 is 1.21 bits per heavy atom. The molecular formula is C17H24N4O3. The van der Waals surface area contributed by atoms with Crippen molar-refractivity contribution in [2.24, 2.45) is 23.7 Å². The molecule has 1 aromatic heterocycles. The largest absolute Gasteiger partial charge is 0.381 e. The Morgan fingerprint density at radius 2 is 1.96 bits per heavy atom. The van der Waals surface area contributed by atoms with E-state index in [0.29, 0.717) is 30.8 Å². The van der Waals surface area contributed by atoms with Crippen molar-refractivity contribution in [2.75, 3.05) is 32.8 Å². The summed E-state index contributed by atoms with van der Waals surface area (Å²) in [6, 6.07) is 1.81. The summed E-state index contributed by atoms with van der Waals surface area (Å²) in [5.74, 6) is 1.62. The molecular weight excluding hydrogens is 308 g/mol. The second-order valence-electron chi connectivity index (χ2n) is 7.16. The number of nitrogens with zero attached hydrogens (tertiary/aromatic N) is 3. The van der Waals surface area contributed by atoms with Crippen molar-refractivity contribution in [3.63, 3.8) is 0 Å². The Morgan fingerprint density at radius 3 is 2.62 bits per heavy atom. The Kier molecular flexibility index (Phi) is 4.26. The summed E-state index contributed by atoms with van der Waals surface area (Å²) in [6.07, 6.45) is 5.54. The highest BCUT2D eigenvalue weighted by Gasteiger charge is 2.60. The van der Waals surface area contributed by atoms with Crippen LogP contribution in [0.5, 0.6) is 0 Å². The third kappa shape index (κ3) is 3.17. The number of rotatable bonds is 5. The summed E-state index contributed by atoms with van der Waals surface area (Å²) in [4.78, 5) is 26.4. The molecule has 7 heteroatoms. The zero-order valence-electron chi connectivity index (χ0n) is 13.8. The van der Waals surface area contributed by atoms with E-state index in [1.807, 2.05) is 11.0 Å². The summed E-state index contributed by atoms with van der Waals surface area (Å²) in [5, 5.41) is 7.18. The minimum Gasteiger partial charge on any atom is -0.381 e. The average molecular weight is 332 g/mol. The van der Waals surface area contributed by atoms with Crippen molar-refractivity contribution in [3.05, 3.63) is 18.5 Å². The van der Waals surface area contributed by atoms with Gasteiger partial charge >= 0.3 is 0 Å². The number of likely N-dealkylation sites (tertiary alicyclic amines) is 1. The zero-order valence-corrected chi connectivity index (χ0v) is 13.8. The lowest BCUT2D eigenvalue weighted by atomic mass is 10.0. The van der Waals surface area contributed by atoms with Crippen molar-refractivity contribution >= 4 is 11.8 Å². The number of aromatic nitrogens is 2. The molecule has 0 aromatic carbocycles. The number of hydrogen-bond donors (Lipinski definition) is 1. The molecule has 2 amide bonds. The molecule has 3 heterocycles. The van der Waals surface area contributed by atoms with E-state index in [1.54, 1.807) is 17.1 Å². The van der Waals surface area contributed by atoms with Crippen LogP contribution in [0.15, 0.2) is 18.5 Å². The van der Waals surface area contributed by atoms with Crippen LogP contribution in [0.25, 0.3) is 0 Å². The Hall–Kier alpha value is -1.89. The van der Waals surface area contributed by atoms with Gasteiger partial charge in [-0.05, 0) is 36.7 Å². The lowest BCUT2D eigenvalue weighted by molar-refractivity contribution is -0.132. The van der Waals surface area contributed by atoms with Gasteiger partial charge < -0.3 is 15.0 Å². The third-order valence-corrected chi connectivity index (χ3v) is 5.61. The van der Waals surface area contributed by atoms with Crippen molar-refractivity contribution in [3.8, 4) is 0 Å². The van der Waals surface area contributed by atoms with Gasteiger partial charge in [0.05, 0.1) is 0 Å². The van der Waals surface area contributed by atoms with E-state index < -0.39 is 0 Å². The van der Waals surface area contributed by atoms with Crippen LogP contribution in [-0.2, 0) is 20.9 Å². The van der Waals surface area contributed by atoms with Crippen molar-refractivity contribution in [1.29, 1.82) is 0 Å². The SMILES string of the molecule is O=C(NCC1CCOCC1)C1[C@H]2CN(C(=O)Cn3cccn3)C[C@@H]12. The number of ether oxygens (including phenoxy) is 1. The molecule has 1 unspecified atom stereocenters. The van der Waals surface area contributed by atoms with Gasteiger partial charge in [0.15, 0.2) is 0 Å². The molecule has 0 radical (unpaired) electrons. The predicted molar refractivity (Wildman–Crippen MR) is 85.8 cm³/mol. The highest BCUT2D eigenvalue weighted by Crippen LogP contribution is 2.51. The van der Waals surface area contributed by atoms with Gasteiger partial charge in [-0.15, -0.1) is 0 Å². The molecule has 0 spiro atoms. The number of carbonyl (C=O) groups is 2. The molecule has 4 rings (SSSR count). The first-order chi connectivity index (χ1) is 11.7. The van der Waals surface area contributed by atoms with Gasteiger partial charge in [0.1, 0.15) is 6.54 Å². The Balaban J connectivity index is 1.20. The van der Waals surface area contributed by atoms with Gasteiger partial charge in [0.25, 0.3) is 0 Å². The van der Waals surface area contributed by atoms with Crippen LogP contribution in [0.4, 0.5) is 0 Å². The lowest BCUT2D eigenvalue weighted by Crippen LogP contribution is -2.38. The quantitative estimate of drug-likeness (QED) is 0.832. The van der Waals surface area contributed by atoms with Gasteiger partial charge in [-0.3, -0.25) is 14.3 Å². The second kappa shape index (κ2) is 6.55. The van der Waals surface area contributed by atoms with Crippen LogP contribution in [0, 0.1) is 23.7 Å². The first-order valence-electron chi connectivity index (χ1n) is 8.83. The topological polar surface area (TPSA) is 76.5 Å². The molecule has 7 nitrogen and oxygen atoms in total. The summed E-state index contributed by atoms with van der Waals surface area (Å²) < 4.78 is 6.99. The smallest absolute Gasteiger partial charge is 0.244 e. The van der Waals surface area contributed by atoms with Gasteiger partial charge in [-0.2, -0.15) is 5.10 Å². The second-order valence-corrected chi connectivity index (χ2v) is 7.16. The fourth-order valence-electron chi connectivity index (χ4n) is 4.06. The van der Waals surface area contributed by atoms with E-state index in [9.17, 15) is 9.59 Å². The third-order valence-electron chi connectivity index (χ3n) is 5.61. The number of hydrogen-bond acceptors (Lipinski definition) is 4. The van der Waals surface area contributed by atoms with E-state index in [-0.39, 0.29) is 24.3 Å². The molecule has 1 aliphatic carbocycles. The maximum Gasteiger partial charge on any atom is 0.244 e. The normalized spacial score (nSPS) is 29.3. The highest BCUT2D eigenvalue weighted by molar-refractivity contribution is 5.84. The van der Waals surface area contributed by atoms with Crippen LogP contribution in [-0.4, -0.2) is 59.3 Å². The van der Waals surface area contributed by atoms with E-state index >= 15 is 0 Å². The minimum absolute atomic E-state index is 0.0901. The number of amides is 2. The molecule has 3 aliphatic rings. The highest BCUT2D eigenvalue weighted by atomic mass is 16.5. The number of fused-ring (bicyclic) bond motifs is 1. The van der Waals surface area contributed by atoms with Gasteiger partial charge in [0.2, 0.25) is 11.8 Å². The van der Waals surface area contributed by atoms with Crippen LogP contribution in [0.1, 0.15) is 12.8 Å². The molecule has 1 saturated carbocycles. The molecule has 1 N–H and O–H groups in total. The molecule has 0 bridgehead atoms. The first kappa shape index (κ1) is 15.6. The number of piperidine rings is 1. The summed E-state index contributed by atoms with van der Waals surface area (Å²) in [6.45, 7) is 4.08. The molecule has 1 aromatic rings. The molecule has 3 fully saturated rings. The molecule has 130 valence electrons. The average Bonchev–Trinajstić information content (AvgIpc) is 2.99. The van der Waals surface area contributed by atoms with E-state index in [1.165, 1.54) is 0 Å². The molecule has 2 aliphatic heterocycles. The van der Waals surface area contributed by atoms with Crippen molar-refractivity contribution < 1.29 is 14.3 Å². The fraction of sp³-hybridized carbons (Fsp3) is 0.706. The first-order valence-corrected chi connectivity index (χ1v) is 8.83. The van der Waals surface area contributed by atoms with E-state index in [0.717, 1.165) is 32.6 Å². The lowest BCUT2D eigenvalue weighted by Gasteiger charge is -2.23. The maximum atomic E-state index is 12.3. The van der Waals surface area contributed by atoms with Crippen LogP contribution < -0.4 is 5.32 Å². The number of carbonyl (C=O) groups excluding carboxylic acids is 2. The van der Waals surface area contributed by atoms with E-state index in [4.69, 9.17) is 4.74 Å². The van der Waals surface area contributed by atoms with Gasteiger partial charge in [-0.1, -0.05) is 0 Å². The molecule has 24 heavy (non-hydrogen) atoms. The minimum atomic E-state index is 0.0901. The van der Waals surface area contributed by atoms with Gasteiger partial charge in [-0.25, -0.2) is 0 Å². The predicted octanol–water partition coefficient (Wildman–Crippen LogP) is 0.130. The molecule has 2 saturated heterocycles. The van der Waals surface area contributed by atoms with Gasteiger partial charge in [0, 0.05) is 51.2 Å². The van der Waals surface area contributed by atoms with Crippen LogP contribution in [0.3, 0.4) is 0 Å². The van der Waals surface area contributed by atoms with Crippen LogP contribution >= 0.6 is 0 Å². The Bertz CT molecular complexity index is 585. The molecule has 3 atom stereocenters. The monoisotopic (exact) mass is 332 g/mol. The van der Waals surface area contributed by atoms with E-state index in [2.05, 4.69) is 10.4 Å². The summed E-state index contributed by atoms with van der Waals surface area (Å²) in [7, 11) is 0.